The highest BCUT2D eigenvalue weighted by Crippen LogP contribution is 2.18. The minimum Gasteiger partial charge on any atom is -0.370 e. The lowest BCUT2D eigenvalue weighted by Gasteiger charge is -2.23. The van der Waals surface area contributed by atoms with E-state index in [0.29, 0.717) is 18.5 Å². The third kappa shape index (κ3) is 5.51. The van der Waals surface area contributed by atoms with Gasteiger partial charge in [-0.1, -0.05) is 25.3 Å². The Labute approximate surface area is 156 Å². The predicted molar refractivity (Wildman–Crippen MR) is 106 cm³/mol. The molecule has 3 N–H and O–H groups in total. The summed E-state index contributed by atoms with van der Waals surface area (Å²) in [5, 5.41) is 3.34. The average molecular weight is 429 g/mol. The van der Waals surface area contributed by atoms with E-state index in [2.05, 4.69) is 32.3 Å². The van der Waals surface area contributed by atoms with Crippen molar-refractivity contribution in [1.29, 1.82) is 0 Å². The molecule has 0 spiro atoms. The van der Waals surface area contributed by atoms with Gasteiger partial charge >= 0.3 is 0 Å². The number of rotatable bonds is 4. The molecular weight excluding hydrogens is 401 g/mol. The molecule has 1 saturated heterocycles. The van der Waals surface area contributed by atoms with Gasteiger partial charge in [-0.2, -0.15) is 0 Å². The summed E-state index contributed by atoms with van der Waals surface area (Å²) in [6.07, 6.45) is 10.8. The van der Waals surface area contributed by atoms with Gasteiger partial charge in [-0.25, -0.2) is 9.98 Å². The topological polar surface area (TPSA) is 66.5 Å². The maximum Gasteiger partial charge on any atom is 0.189 e. The van der Waals surface area contributed by atoms with Crippen molar-refractivity contribution in [1.82, 2.24) is 10.3 Å². The summed E-state index contributed by atoms with van der Waals surface area (Å²) in [6, 6.07) is 4.71. The van der Waals surface area contributed by atoms with Crippen LogP contribution in [0.5, 0.6) is 0 Å². The quantitative estimate of drug-likeness (QED) is 0.439. The predicted octanol–water partition coefficient (Wildman–Crippen LogP) is 3.04. The summed E-state index contributed by atoms with van der Waals surface area (Å²) in [7, 11) is 0. The molecule has 0 unspecified atom stereocenters. The fraction of sp³-hybridized carbons (Fsp3) is 0.647. The molecule has 2 fully saturated rings. The number of aromatic nitrogens is 1. The molecule has 5 nitrogen and oxygen atoms in total. The molecule has 1 aromatic heterocycles. The molecule has 1 aliphatic heterocycles. The Morgan fingerprint density at radius 3 is 2.57 bits per heavy atom. The van der Waals surface area contributed by atoms with Crippen LogP contribution >= 0.6 is 24.0 Å². The molecule has 0 aromatic carbocycles. The maximum atomic E-state index is 5.99. The van der Waals surface area contributed by atoms with Crippen molar-refractivity contribution in [2.24, 2.45) is 10.7 Å². The number of nitrogens with zero attached hydrogens (tertiary/aromatic N) is 3. The third-order valence-corrected chi connectivity index (χ3v) is 4.63. The van der Waals surface area contributed by atoms with Crippen LogP contribution in [-0.2, 0) is 6.54 Å². The van der Waals surface area contributed by atoms with Gasteiger partial charge in [0.2, 0.25) is 0 Å². The van der Waals surface area contributed by atoms with Crippen molar-refractivity contribution in [3.63, 3.8) is 0 Å². The van der Waals surface area contributed by atoms with Crippen molar-refractivity contribution < 1.29 is 0 Å². The summed E-state index contributed by atoms with van der Waals surface area (Å²) in [4.78, 5) is 11.3. The number of halogens is 1. The van der Waals surface area contributed by atoms with Gasteiger partial charge in [0.15, 0.2) is 5.96 Å². The highest BCUT2D eigenvalue weighted by atomic mass is 127. The second kappa shape index (κ2) is 9.30. The molecule has 2 heterocycles. The van der Waals surface area contributed by atoms with Crippen molar-refractivity contribution in [3.05, 3.63) is 23.9 Å². The Kier molecular flexibility index (Phi) is 7.39. The highest BCUT2D eigenvalue weighted by molar-refractivity contribution is 14.0. The normalized spacial score (nSPS) is 19.5. The molecule has 0 bridgehead atoms. The lowest BCUT2D eigenvalue weighted by atomic mass is 9.96. The maximum absolute atomic E-state index is 5.99. The number of nitrogens with one attached hydrogen (secondary N) is 1. The number of pyridine rings is 1. The van der Waals surface area contributed by atoms with E-state index < -0.39 is 0 Å². The third-order valence-electron chi connectivity index (χ3n) is 4.63. The fourth-order valence-electron chi connectivity index (χ4n) is 3.32. The zero-order valence-electron chi connectivity index (χ0n) is 13.7. The summed E-state index contributed by atoms with van der Waals surface area (Å²) in [5.74, 6) is 1.65. The minimum absolute atomic E-state index is 0. The standard InChI is InChI=1S/C17H27N5.HI/c18-17(21-15-6-2-1-3-7-15)20-13-14-8-9-16(19-12-14)22-10-4-5-11-22;/h8-9,12,15H,1-7,10-11,13H2,(H3,18,20,21);1H. The fourth-order valence-corrected chi connectivity index (χ4v) is 3.32. The van der Waals surface area contributed by atoms with Crippen LogP contribution in [0.1, 0.15) is 50.5 Å². The first kappa shape index (κ1) is 18.3. The van der Waals surface area contributed by atoms with Crippen molar-refractivity contribution in [2.75, 3.05) is 18.0 Å². The molecule has 1 saturated carbocycles. The monoisotopic (exact) mass is 429 g/mol. The van der Waals surface area contributed by atoms with E-state index >= 15 is 0 Å². The van der Waals surface area contributed by atoms with Crippen LogP contribution in [0.2, 0.25) is 0 Å². The van der Waals surface area contributed by atoms with Gasteiger partial charge in [-0.05, 0) is 37.3 Å². The first-order valence-electron chi connectivity index (χ1n) is 8.57. The summed E-state index contributed by atoms with van der Waals surface area (Å²) in [6.45, 7) is 2.85. The number of anilines is 1. The zero-order valence-corrected chi connectivity index (χ0v) is 16.0. The SMILES string of the molecule is I.NC(=NCc1ccc(N2CCCC2)nc1)NC1CCCCC1. The lowest BCUT2D eigenvalue weighted by molar-refractivity contribution is 0.412. The number of guanidine groups is 1. The Balaban J connectivity index is 0.00000192. The first-order chi connectivity index (χ1) is 10.8. The van der Waals surface area contributed by atoms with Crippen LogP contribution < -0.4 is 16.0 Å². The number of hydrogen-bond acceptors (Lipinski definition) is 3. The Bertz CT molecular complexity index is 490. The van der Waals surface area contributed by atoms with Crippen molar-refractivity contribution in [2.45, 2.75) is 57.5 Å². The smallest absolute Gasteiger partial charge is 0.189 e. The second-order valence-corrected chi connectivity index (χ2v) is 6.40. The van der Waals surface area contributed by atoms with Crippen molar-refractivity contribution >= 4 is 35.8 Å². The van der Waals surface area contributed by atoms with Crippen LogP contribution in [0.15, 0.2) is 23.3 Å². The van der Waals surface area contributed by atoms with Gasteiger partial charge in [-0.3, -0.25) is 0 Å². The van der Waals surface area contributed by atoms with E-state index in [-0.39, 0.29) is 24.0 Å². The number of nitrogens with two attached hydrogens (primary N) is 1. The van der Waals surface area contributed by atoms with Crippen LogP contribution in [0.25, 0.3) is 0 Å². The summed E-state index contributed by atoms with van der Waals surface area (Å²) in [5.41, 5.74) is 7.10. The Morgan fingerprint density at radius 2 is 1.91 bits per heavy atom. The number of hydrogen-bond donors (Lipinski definition) is 2. The molecule has 0 atom stereocenters. The Morgan fingerprint density at radius 1 is 1.17 bits per heavy atom. The van der Waals surface area contributed by atoms with Crippen LogP contribution in [0.3, 0.4) is 0 Å². The molecule has 128 valence electrons. The van der Waals surface area contributed by atoms with Crippen LogP contribution in [0.4, 0.5) is 5.82 Å². The largest absolute Gasteiger partial charge is 0.370 e. The molecular formula is C17H28IN5. The molecule has 1 aromatic rings. The van der Waals surface area contributed by atoms with E-state index in [1.54, 1.807) is 0 Å². The first-order valence-corrected chi connectivity index (χ1v) is 8.57. The van der Waals surface area contributed by atoms with Crippen LogP contribution in [0, 0.1) is 0 Å². The molecule has 23 heavy (non-hydrogen) atoms. The molecule has 2 aliphatic rings. The average Bonchev–Trinajstić information content (AvgIpc) is 3.09. The van der Waals surface area contributed by atoms with E-state index in [9.17, 15) is 0 Å². The van der Waals surface area contributed by atoms with E-state index in [1.807, 2.05) is 6.20 Å². The molecule has 3 rings (SSSR count). The zero-order chi connectivity index (χ0) is 15.2. The summed E-state index contributed by atoms with van der Waals surface area (Å²) >= 11 is 0. The molecule has 0 amide bonds. The molecule has 6 heteroatoms. The van der Waals surface area contributed by atoms with Crippen LogP contribution in [-0.4, -0.2) is 30.1 Å². The number of aliphatic imine (C=N–C) groups is 1. The molecule has 0 radical (unpaired) electrons. The van der Waals surface area contributed by atoms with E-state index in [4.69, 9.17) is 5.73 Å². The van der Waals surface area contributed by atoms with Crippen molar-refractivity contribution in [3.8, 4) is 0 Å². The molecule has 1 aliphatic carbocycles. The van der Waals surface area contributed by atoms with Gasteiger partial charge in [0, 0.05) is 25.3 Å². The highest BCUT2D eigenvalue weighted by Gasteiger charge is 2.14. The van der Waals surface area contributed by atoms with Gasteiger partial charge in [0.25, 0.3) is 0 Å². The van der Waals surface area contributed by atoms with Gasteiger partial charge in [-0.15, -0.1) is 24.0 Å². The Hall–Kier alpha value is -1.05. The summed E-state index contributed by atoms with van der Waals surface area (Å²) < 4.78 is 0. The van der Waals surface area contributed by atoms with E-state index in [0.717, 1.165) is 24.5 Å². The minimum atomic E-state index is 0. The van der Waals surface area contributed by atoms with E-state index in [1.165, 1.54) is 44.9 Å². The van der Waals surface area contributed by atoms with Gasteiger partial charge in [0.05, 0.1) is 6.54 Å². The van der Waals surface area contributed by atoms with Gasteiger partial charge < -0.3 is 16.0 Å². The lowest BCUT2D eigenvalue weighted by Crippen LogP contribution is -2.41. The second-order valence-electron chi connectivity index (χ2n) is 6.40. The van der Waals surface area contributed by atoms with Gasteiger partial charge in [0.1, 0.15) is 5.82 Å².